The summed E-state index contributed by atoms with van der Waals surface area (Å²) < 4.78 is 0. The number of carboxylic acids is 1. The Labute approximate surface area is 127 Å². The van der Waals surface area contributed by atoms with Gasteiger partial charge in [0, 0.05) is 25.2 Å². The lowest BCUT2D eigenvalue weighted by molar-refractivity contribution is -0.384. The van der Waals surface area contributed by atoms with Gasteiger partial charge in [-0.15, -0.1) is 0 Å². The van der Waals surface area contributed by atoms with Crippen LogP contribution in [-0.2, 0) is 0 Å². The molecule has 0 aliphatic carbocycles. The summed E-state index contributed by atoms with van der Waals surface area (Å²) in [4.78, 5) is 23.5. The van der Waals surface area contributed by atoms with Gasteiger partial charge in [0.15, 0.2) is 0 Å². The van der Waals surface area contributed by atoms with Crippen molar-refractivity contribution in [1.29, 1.82) is 0 Å². The number of benzene rings is 1. The van der Waals surface area contributed by atoms with E-state index in [1.165, 1.54) is 6.07 Å². The van der Waals surface area contributed by atoms with Gasteiger partial charge < -0.3 is 10.0 Å². The topological polar surface area (TPSA) is 83.7 Å². The minimum Gasteiger partial charge on any atom is -0.478 e. The normalized spacial score (nSPS) is 17.6. The third-order valence-electron chi connectivity index (χ3n) is 3.92. The standard InChI is InChI=1S/C14H17ClN2O4/c1-14(2)3-5-16(6-4-14)12-10(13(18)19)7-9(17(20)21)8-11(12)15/h7-8H,3-6H2,1-2H3,(H,18,19). The molecular formula is C14H17ClN2O4. The summed E-state index contributed by atoms with van der Waals surface area (Å²) in [6.07, 6.45) is 1.83. The van der Waals surface area contributed by atoms with Gasteiger partial charge in [0.1, 0.15) is 0 Å². The molecule has 6 nitrogen and oxygen atoms in total. The molecule has 1 saturated heterocycles. The number of carboxylic acid groups (broad SMARTS) is 1. The van der Waals surface area contributed by atoms with Crippen LogP contribution in [0.3, 0.4) is 0 Å². The SMILES string of the molecule is CC1(C)CCN(c2c(Cl)cc([N+](=O)[O-])cc2C(=O)O)CC1. The number of nitrogens with zero attached hydrogens (tertiary/aromatic N) is 2. The number of carbonyl (C=O) groups is 1. The molecule has 0 spiro atoms. The number of nitro benzene ring substituents is 1. The van der Waals surface area contributed by atoms with Crippen molar-refractivity contribution in [3.8, 4) is 0 Å². The highest BCUT2D eigenvalue weighted by Crippen LogP contribution is 2.38. The smallest absolute Gasteiger partial charge is 0.338 e. The van der Waals surface area contributed by atoms with Crippen LogP contribution < -0.4 is 4.90 Å². The minimum atomic E-state index is -1.21. The summed E-state index contributed by atoms with van der Waals surface area (Å²) in [7, 11) is 0. The maximum atomic E-state index is 11.4. The van der Waals surface area contributed by atoms with Crippen molar-refractivity contribution in [3.05, 3.63) is 32.8 Å². The highest BCUT2D eigenvalue weighted by molar-refractivity contribution is 6.34. The fourth-order valence-corrected chi connectivity index (χ4v) is 2.84. The van der Waals surface area contributed by atoms with Crippen LogP contribution in [0.5, 0.6) is 0 Å². The van der Waals surface area contributed by atoms with Gasteiger partial charge in [-0.1, -0.05) is 25.4 Å². The fraction of sp³-hybridized carbons (Fsp3) is 0.500. The molecule has 21 heavy (non-hydrogen) atoms. The summed E-state index contributed by atoms with van der Waals surface area (Å²) >= 11 is 6.12. The van der Waals surface area contributed by atoms with Crippen molar-refractivity contribution >= 4 is 28.9 Å². The number of non-ortho nitro benzene ring substituents is 1. The Balaban J connectivity index is 2.43. The highest BCUT2D eigenvalue weighted by atomic mass is 35.5. The van der Waals surface area contributed by atoms with E-state index in [1.807, 2.05) is 4.90 Å². The predicted molar refractivity (Wildman–Crippen MR) is 80.3 cm³/mol. The Hall–Kier alpha value is -1.82. The second-order valence-corrected chi connectivity index (χ2v) is 6.44. The molecule has 0 aromatic heterocycles. The first-order chi connectivity index (χ1) is 9.71. The monoisotopic (exact) mass is 312 g/mol. The van der Waals surface area contributed by atoms with Crippen LogP contribution in [0.2, 0.25) is 5.02 Å². The van der Waals surface area contributed by atoms with Crippen LogP contribution in [0.1, 0.15) is 37.0 Å². The van der Waals surface area contributed by atoms with Crippen molar-refractivity contribution in [1.82, 2.24) is 0 Å². The highest BCUT2D eigenvalue weighted by Gasteiger charge is 2.30. The lowest BCUT2D eigenvalue weighted by Crippen LogP contribution is -2.38. The Morgan fingerprint density at radius 1 is 1.38 bits per heavy atom. The number of halogens is 1. The molecule has 0 saturated carbocycles. The molecule has 1 heterocycles. The van der Waals surface area contributed by atoms with E-state index in [0.29, 0.717) is 18.8 Å². The second kappa shape index (κ2) is 5.52. The van der Waals surface area contributed by atoms with Crippen LogP contribution in [0.25, 0.3) is 0 Å². The van der Waals surface area contributed by atoms with Crippen LogP contribution >= 0.6 is 11.6 Å². The van der Waals surface area contributed by atoms with E-state index in [4.69, 9.17) is 11.6 Å². The zero-order chi connectivity index (χ0) is 15.8. The Kier molecular flexibility index (Phi) is 4.09. The third-order valence-corrected chi connectivity index (χ3v) is 4.21. The molecule has 1 aliphatic heterocycles. The number of hydrogen-bond donors (Lipinski definition) is 1. The van der Waals surface area contributed by atoms with E-state index in [1.54, 1.807) is 0 Å². The lowest BCUT2D eigenvalue weighted by Gasteiger charge is -2.39. The van der Waals surface area contributed by atoms with E-state index < -0.39 is 10.9 Å². The van der Waals surface area contributed by atoms with Gasteiger partial charge in [-0.05, 0) is 18.3 Å². The van der Waals surface area contributed by atoms with Crippen LogP contribution in [-0.4, -0.2) is 29.1 Å². The quantitative estimate of drug-likeness (QED) is 0.681. The molecule has 1 aromatic carbocycles. The van der Waals surface area contributed by atoms with Gasteiger partial charge in [-0.2, -0.15) is 0 Å². The number of hydrogen-bond acceptors (Lipinski definition) is 4. The van der Waals surface area contributed by atoms with Crippen LogP contribution in [0, 0.1) is 15.5 Å². The summed E-state index contributed by atoms with van der Waals surface area (Å²) in [5.74, 6) is -1.21. The van der Waals surface area contributed by atoms with E-state index in [9.17, 15) is 20.0 Å². The van der Waals surface area contributed by atoms with Gasteiger partial charge in [-0.25, -0.2) is 4.79 Å². The van der Waals surface area contributed by atoms with Crippen molar-refractivity contribution in [2.24, 2.45) is 5.41 Å². The molecule has 0 unspecified atom stereocenters. The van der Waals surface area contributed by atoms with Crippen molar-refractivity contribution in [2.45, 2.75) is 26.7 Å². The fourth-order valence-electron chi connectivity index (χ4n) is 2.51. The van der Waals surface area contributed by atoms with Gasteiger partial charge in [0.2, 0.25) is 0 Å². The first-order valence-electron chi connectivity index (χ1n) is 6.67. The molecule has 0 amide bonds. The lowest BCUT2D eigenvalue weighted by atomic mass is 9.82. The summed E-state index contributed by atoms with van der Waals surface area (Å²) in [5.41, 5.74) is 0.172. The Morgan fingerprint density at radius 2 is 1.95 bits per heavy atom. The predicted octanol–water partition coefficient (Wildman–Crippen LogP) is 3.57. The maximum absolute atomic E-state index is 11.4. The molecule has 1 aromatic rings. The minimum absolute atomic E-state index is 0.112. The molecule has 0 bridgehead atoms. The molecule has 0 radical (unpaired) electrons. The maximum Gasteiger partial charge on any atom is 0.338 e. The Bertz CT molecular complexity index is 591. The number of aromatic carboxylic acids is 1. The van der Waals surface area contributed by atoms with E-state index in [2.05, 4.69) is 13.8 Å². The van der Waals surface area contributed by atoms with E-state index in [-0.39, 0.29) is 21.7 Å². The Morgan fingerprint density at radius 3 is 2.43 bits per heavy atom. The average Bonchev–Trinajstić information content (AvgIpc) is 2.38. The second-order valence-electron chi connectivity index (χ2n) is 6.04. The zero-order valence-corrected chi connectivity index (χ0v) is 12.7. The molecule has 7 heteroatoms. The van der Waals surface area contributed by atoms with Crippen molar-refractivity contribution in [2.75, 3.05) is 18.0 Å². The third kappa shape index (κ3) is 3.26. The zero-order valence-electron chi connectivity index (χ0n) is 11.9. The largest absolute Gasteiger partial charge is 0.478 e. The van der Waals surface area contributed by atoms with Gasteiger partial charge in [0.25, 0.3) is 5.69 Å². The van der Waals surface area contributed by atoms with Crippen molar-refractivity contribution < 1.29 is 14.8 Å². The number of anilines is 1. The number of nitro groups is 1. The van der Waals surface area contributed by atoms with Crippen LogP contribution in [0.15, 0.2) is 12.1 Å². The molecule has 1 N–H and O–H groups in total. The van der Waals surface area contributed by atoms with Crippen molar-refractivity contribution in [3.63, 3.8) is 0 Å². The van der Waals surface area contributed by atoms with Gasteiger partial charge >= 0.3 is 5.97 Å². The first-order valence-corrected chi connectivity index (χ1v) is 7.05. The first kappa shape index (κ1) is 15.6. The number of piperidine rings is 1. The summed E-state index contributed by atoms with van der Waals surface area (Å²) in [6.45, 7) is 5.70. The van der Waals surface area contributed by atoms with E-state index >= 15 is 0 Å². The molecule has 2 rings (SSSR count). The molecule has 0 atom stereocenters. The van der Waals surface area contributed by atoms with Crippen LogP contribution in [0.4, 0.5) is 11.4 Å². The van der Waals surface area contributed by atoms with E-state index in [0.717, 1.165) is 18.9 Å². The average molecular weight is 313 g/mol. The number of rotatable bonds is 3. The molecule has 114 valence electrons. The summed E-state index contributed by atoms with van der Waals surface area (Å²) in [5, 5.41) is 20.3. The van der Waals surface area contributed by atoms with Gasteiger partial charge in [-0.3, -0.25) is 10.1 Å². The molecular weight excluding hydrogens is 296 g/mol. The molecule has 1 aliphatic rings. The van der Waals surface area contributed by atoms with Gasteiger partial charge in [0.05, 0.1) is 21.2 Å². The summed E-state index contributed by atoms with van der Waals surface area (Å²) in [6, 6.07) is 2.28. The molecule has 1 fully saturated rings.